The van der Waals surface area contributed by atoms with Crippen LogP contribution in [0.15, 0.2) is 24.3 Å². The third-order valence-corrected chi connectivity index (χ3v) is 3.37. The van der Waals surface area contributed by atoms with E-state index in [0.29, 0.717) is 0 Å². The second-order valence-corrected chi connectivity index (χ2v) is 4.60. The molecule has 1 unspecified atom stereocenters. The third-order valence-electron chi connectivity index (χ3n) is 3.37. The van der Waals surface area contributed by atoms with Gasteiger partial charge in [0.05, 0.1) is 7.11 Å². The number of aryl methyl sites for hydroxylation is 1. The fourth-order valence-corrected chi connectivity index (χ4v) is 2.37. The van der Waals surface area contributed by atoms with E-state index in [2.05, 4.69) is 23.5 Å². The van der Waals surface area contributed by atoms with Crippen LogP contribution in [-0.4, -0.2) is 20.2 Å². The van der Waals surface area contributed by atoms with Crippen molar-refractivity contribution in [2.75, 3.05) is 20.2 Å². The summed E-state index contributed by atoms with van der Waals surface area (Å²) in [6, 6.07) is 8.42. The molecule has 2 nitrogen and oxygen atoms in total. The SMILES string of the molecule is COc1cccc(CCC2CCCNC2)c1.Cl. The first-order valence-electron chi connectivity index (χ1n) is 6.22. The highest BCUT2D eigenvalue weighted by atomic mass is 35.5. The molecule has 96 valence electrons. The summed E-state index contributed by atoms with van der Waals surface area (Å²) in [6.45, 7) is 2.40. The Hall–Kier alpha value is -0.730. The third kappa shape index (κ3) is 4.57. The Kier molecular flexibility index (Phi) is 6.38. The lowest BCUT2D eigenvalue weighted by Gasteiger charge is -2.22. The highest BCUT2D eigenvalue weighted by molar-refractivity contribution is 5.85. The number of hydrogen-bond acceptors (Lipinski definition) is 2. The van der Waals surface area contributed by atoms with E-state index in [9.17, 15) is 0 Å². The van der Waals surface area contributed by atoms with Gasteiger partial charge >= 0.3 is 0 Å². The van der Waals surface area contributed by atoms with Gasteiger partial charge in [0, 0.05) is 0 Å². The van der Waals surface area contributed by atoms with Crippen molar-refractivity contribution < 1.29 is 4.74 Å². The zero-order chi connectivity index (χ0) is 11.2. The van der Waals surface area contributed by atoms with Crippen LogP contribution in [0.25, 0.3) is 0 Å². The predicted octanol–water partition coefficient (Wildman–Crippen LogP) is 3.05. The van der Waals surface area contributed by atoms with E-state index in [4.69, 9.17) is 4.74 Å². The molecule has 1 aliphatic heterocycles. The van der Waals surface area contributed by atoms with Gasteiger partial charge in [-0.25, -0.2) is 0 Å². The molecule has 1 aliphatic rings. The molecule has 1 atom stereocenters. The standard InChI is InChI=1S/C14H21NO.ClH/c1-16-14-6-2-4-12(10-14)7-8-13-5-3-9-15-11-13;/h2,4,6,10,13,15H,3,5,7-9,11H2,1H3;1H. The predicted molar refractivity (Wildman–Crippen MR) is 74.2 cm³/mol. The first-order chi connectivity index (χ1) is 7.88. The van der Waals surface area contributed by atoms with Gasteiger partial charge in [-0.3, -0.25) is 0 Å². The molecule has 17 heavy (non-hydrogen) atoms. The van der Waals surface area contributed by atoms with Crippen LogP contribution in [-0.2, 0) is 6.42 Å². The van der Waals surface area contributed by atoms with Crippen molar-refractivity contribution in [3.8, 4) is 5.75 Å². The van der Waals surface area contributed by atoms with Crippen molar-refractivity contribution in [2.24, 2.45) is 5.92 Å². The lowest BCUT2D eigenvalue weighted by Crippen LogP contribution is -2.29. The van der Waals surface area contributed by atoms with Crippen LogP contribution in [0, 0.1) is 5.92 Å². The fourth-order valence-electron chi connectivity index (χ4n) is 2.37. The van der Waals surface area contributed by atoms with E-state index in [-0.39, 0.29) is 12.4 Å². The van der Waals surface area contributed by atoms with E-state index < -0.39 is 0 Å². The summed E-state index contributed by atoms with van der Waals surface area (Å²) in [5.41, 5.74) is 1.39. The Bertz CT molecular complexity index is 324. The number of hydrogen-bond donors (Lipinski definition) is 1. The average molecular weight is 256 g/mol. The van der Waals surface area contributed by atoms with Gasteiger partial charge < -0.3 is 10.1 Å². The second kappa shape index (κ2) is 7.57. The molecule has 0 spiro atoms. The lowest BCUT2D eigenvalue weighted by molar-refractivity contribution is 0.358. The number of rotatable bonds is 4. The molecule has 0 amide bonds. The van der Waals surface area contributed by atoms with Gasteiger partial charge in [-0.2, -0.15) is 0 Å². The Balaban J connectivity index is 0.00000144. The van der Waals surface area contributed by atoms with Gasteiger partial charge in [0.15, 0.2) is 0 Å². The van der Waals surface area contributed by atoms with Crippen molar-refractivity contribution in [1.29, 1.82) is 0 Å². The number of methoxy groups -OCH3 is 1. The number of piperidine rings is 1. The molecule has 1 fully saturated rings. The van der Waals surface area contributed by atoms with Crippen molar-refractivity contribution in [2.45, 2.75) is 25.7 Å². The zero-order valence-electron chi connectivity index (χ0n) is 10.4. The number of halogens is 1. The Morgan fingerprint density at radius 2 is 2.29 bits per heavy atom. The molecule has 2 rings (SSSR count). The van der Waals surface area contributed by atoms with E-state index >= 15 is 0 Å². The van der Waals surface area contributed by atoms with Gasteiger partial charge in [0.1, 0.15) is 5.75 Å². The molecule has 1 heterocycles. The Morgan fingerprint density at radius 1 is 1.41 bits per heavy atom. The smallest absolute Gasteiger partial charge is 0.119 e. The first-order valence-corrected chi connectivity index (χ1v) is 6.22. The largest absolute Gasteiger partial charge is 0.497 e. The Labute approximate surface area is 110 Å². The topological polar surface area (TPSA) is 21.3 Å². The summed E-state index contributed by atoms with van der Waals surface area (Å²) in [5, 5.41) is 3.47. The zero-order valence-corrected chi connectivity index (χ0v) is 11.3. The van der Waals surface area contributed by atoms with Crippen LogP contribution in [0.1, 0.15) is 24.8 Å². The molecule has 0 aromatic heterocycles. The van der Waals surface area contributed by atoms with E-state index in [1.54, 1.807) is 7.11 Å². The molecule has 1 aromatic rings. The summed E-state index contributed by atoms with van der Waals surface area (Å²) in [5.74, 6) is 1.83. The fraction of sp³-hybridized carbons (Fsp3) is 0.571. The van der Waals surface area contributed by atoms with E-state index in [1.807, 2.05) is 6.07 Å². The van der Waals surface area contributed by atoms with Crippen LogP contribution in [0.5, 0.6) is 5.75 Å². The van der Waals surface area contributed by atoms with Gasteiger partial charge in [-0.15, -0.1) is 12.4 Å². The first kappa shape index (κ1) is 14.3. The number of nitrogens with one attached hydrogen (secondary N) is 1. The summed E-state index contributed by atoms with van der Waals surface area (Å²) >= 11 is 0. The highest BCUT2D eigenvalue weighted by Gasteiger charge is 2.12. The highest BCUT2D eigenvalue weighted by Crippen LogP contribution is 2.19. The van der Waals surface area contributed by atoms with E-state index in [1.165, 1.54) is 44.3 Å². The maximum absolute atomic E-state index is 5.23. The van der Waals surface area contributed by atoms with Crippen LogP contribution >= 0.6 is 12.4 Å². The van der Waals surface area contributed by atoms with Gasteiger partial charge in [-0.1, -0.05) is 12.1 Å². The van der Waals surface area contributed by atoms with Crippen molar-refractivity contribution >= 4 is 12.4 Å². The molecule has 1 aromatic carbocycles. The maximum atomic E-state index is 5.23. The Morgan fingerprint density at radius 3 is 3.00 bits per heavy atom. The molecule has 1 N–H and O–H groups in total. The molecule has 0 saturated carbocycles. The van der Waals surface area contributed by atoms with Crippen molar-refractivity contribution in [3.05, 3.63) is 29.8 Å². The molecular weight excluding hydrogens is 234 g/mol. The number of benzene rings is 1. The van der Waals surface area contributed by atoms with Crippen LogP contribution in [0.3, 0.4) is 0 Å². The molecular formula is C14H22ClNO. The van der Waals surface area contributed by atoms with Crippen molar-refractivity contribution in [1.82, 2.24) is 5.32 Å². The minimum atomic E-state index is 0. The summed E-state index contributed by atoms with van der Waals surface area (Å²) in [7, 11) is 1.73. The molecule has 3 heteroatoms. The van der Waals surface area contributed by atoms with Gasteiger partial charge in [-0.05, 0) is 62.4 Å². The van der Waals surface area contributed by atoms with Crippen molar-refractivity contribution in [3.63, 3.8) is 0 Å². The molecule has 0 bridgehead atoms. The van der Waals surface area contributed by atoms with Gasteiger partial charge in [0.25, 0.3) is 0 Å². The van der Waals surface area contributed by atoms with Crippen LogP contribution in [0.4, 0.5) is 0 Å². The average Bonchev–Trinajstić information content (AvgIpc) is 2.38. The molecule has 0 radical (unpaired) electrons. The van der Waals surface area contributed by atoms with E-state index in [0.717, 1.165) is 11.7 Å². The molecule has 0 aliphatic carbocycles. The number of ether oxygens (including phenoxy) is 1. The summed E-state index contributed by atoms with van der Waals surface area (Å²) in [4.78, 5) is 0. The molecule has 1 saturated heterocycles. The minimum absolute atomic E-state index is 0. The van der Waals surface area contributed by atoms with Gasteiger partial charge in [0.2, 0.25) is 0 Å². The van der Waals surface area contributed by atoms with Crippen LogP contribution < -0.4 is 10.1 Å². The lowest BCUT2D eigenvalue weighted by atomic mass is 9.93. The monoisotopic (exact) mass is 255 g/mol. The minimum Gasteiger partial charge on any atom is -0.497 e. The normalized spacial score (nSPS) is 19.5. The summed E-state index contributed by atoms with van der Waals surface area (Å²) in [6.07, 6.45) is 5.18. The summed E-state index contributed by atoms with van der Waals surface area (Å²) < 4.78 is 5.23. The van der Waals surface area contributed by atoms with Crippen LogP contribution in [0.2, 0.25) is 0 Å². The maximum Gasteiger partial charge on any atom is 0.119 e. The quantitative estimate of drug-likeness (QED) is 0.893. The second-order valence-electron chi connectivity index (χ2n) is 4.60.